The van der Waals surface area contributed by atoms with Gasteiger partial charge in [0.25, 0.3) is 0 Å². The predicted octanol–water partition coefficient (Wildman–Crippen LogP) is 0.491. The fraction of sp³-hybridized carbons (Fsp3) is 0.667. The molecule has 0 radical (unpaired) electrons. The van der Waals surface area contributed by atoms with Crippen LogP contribution in [0.2, 0.25) is 0 Å². The van der Waals surface area contributed by atoms with E-state index in [2.05, 4.69) is 0 Å². The van der Waals surface area contributed by atoms with Crippen molar-refractivity contribution >= 4 is 5.78 Å². The van der Waals surface area contributed by atoms with Crippen molar-refractivity contribution in [1.82, 2.24) is 0 Å². The summed E-state index contributed by atoms with van der Waals surface area (Å²) in [6, 6.07) is 0. The maximum atomic E-state index is 11.1. The molecule has 0 spiro atoms. The molecule has 0 unspecified atom stereocenters. The van der Waals surface area contributed by atoms with Crippen LogP contribution < -0.4 is 5.26 Å². The third-order valence-corrected chi connectivity index (χ3v) is 0.598. The second-order valence-electron chi connectivity index (χ2n) is 1.41. The largest absolute Gasteiger partial charge is 0.536 e. The molecule has 0 fully saturated rings. The van der Waals surface area contributed by atoms with Gasteiger partial charge in [0.15, 0.2) is 0 Å². The fourth-order valence-corrected chi connectivity index (χ4v) is 0.255. The van der Waals surface area contributed by atoms with Gasteiger partial charge < -0.3 is 5.26 Å². The number of ketones is 1. The lowest BCUT2D eigenvalue weighted by molar-refractivity contribution is -1.05. The maximum absolute atomic E-state index is 11.1. The van der Waals surface area contributed by atoms with Crippen LogP contribution in [0.3, 0.4) is 0 Å². The first-order valence-corrected chi connectivity index (χ1v) is 2.00. The van der Waals surface area contributed by atoms with E-state index in [0.717, 1.165) is 0 Å². The maximum Gasteiger partial charge on any atom is 0.536 e. The van der Waals surface area contributed by atoms with Gasteiger partial charge in [0.2, 0.25) is 0 Å². The molecule has 0 rings (SSSR count). The summed E-state index contributed by atoms with van der Waals surface area (Å²) in [7, 11) is 0. The summed E-state index contributed by atoms with van der Waals surface area (Å²) in [6.45, 7) is 0. The van der Waals surface area contributed by atoms with E-state index in [-0.39, 0.29) is 0 Å². The highest BCUT2D eigenvalue weighted by atomic mass is 19.4. The van der Waals surface area contributed by atoms with E-state index in [1.165, 1.54) is 0 Å². The quantitative estimate of drug-likeness (QED) is 0.232. The van der Waals surface area contributed by atoms with Gasteiger partial charge in [0, 0.05) is 0 Å². The van der Waals surface area contributed by atoms with Crippen LogP contribution in [0, 0.1) is 0 Å². The number of alkyl halides is 6. The lowest BCUT2D eigenvalue weighted by atomic mass is 10.4. The molecule has 0 aliphatic heterocycles. The number of hydrogen-bond donors (Lipinski definition) is 0. The van der Waals surface area contributed by atoms with Gasteiger partial charge >= 0.3 is 18.1 Å². The van der Waals surface area contributed by atoms with E-state index in [1.54, 1.807) is 0 Å². The lowest BCUT2D eigenvalue weighted by Gasteiger charge is -2.02. The summed E-state index contributed by atoms with van der Waals surface area (Å²) < 4.78 is 68.7. The first kappa shape index (κ1) is 10.1. The average Bonchev–Trinajstić information content (AvgIpc) is 1.56. The zero-order valence-electron chi connectivity index (χ0n) is 4.58. The van der Waals surface area contributed by atoms with Gasteiger partial charge in [-0.05, 0) is 0 Å². The molecule has 0 saturated carbocycles. The molecule has 8 heteroatoms. The summed E-state index contributed by atoms with van der Waals surface area (Å²) in [6.07, 6.45) is -11.6. The van der Waals surface area contributed by atoms with Crippen molar-refractivity contribution in [3.05, 3.63) is 0 Å². The minimum atomic E-state index is -5.79. The van der Waals surface area contributed by atoms with Crippen molar-refractivity contribution < 1.29 is 36.2 Å². The summed E-state index contributed by atoms with van der Waals surface area (Å²) in [5.74, 6) is -3.40. The molecular formula is C3F6O2. The zero-order chi connectivity index (χ0) is 9.28. The molecule has 0 aliphatic carbocycles. The zero-order valence-corrected chi connectivity index (χ0v) is 4.58. The van der Waals surface area contributed by atoms with Crippen LogP contribution in [0.4, 0.5) is 26.3 Å². The van der Waals surface area contributed by atoms with Crippen LogP contribution >= 0.6 is 0 Å². The van der Waals surface area contributed by atoms with E-state index < -0.39 is 18.1 Å². The van der Waals surface area contributed by atoms with Crippen LogP contribution in [0.25, 0.3) is 0 Å². The van der Waals surface area contributed by atoms with Crippen molar-refractivity contribution in [2.24, 2.45) is 0 Å². The van der Waals surface area contributed by atoms with Crippen LogP contribution in [-0.2, 0) is 4.58 Å². The summed E-state index contributed by atoms with van der Waals surface area (Å²) in [5, 5.41) is 8.95. The Morgan fingerprint density at radius 3 is 1.18 bits per heavy atom. The molecule has 2 nitrogen and oxygen atoms in total. The molecule has 0 aromatic heterocycles. The Labute approximate surface area is 55.7 Å². The Hall–Kier alpha value is -0.950. The Kier molecular flexibility index (Phi) is 2.37. The number of halogens is 6. The molecule has 66 valence electrons. The minimum absolute atomic E-state index is 1.90. The molecule has 0 saturated heterocycles. The highest BCUT2D eigenvalue weighted by molar-refractivity contribution is 5.89. The highest BCUT2D eigenvalue weighted by Crippen LogP contribution is 2.28. The van der Waals surface area contributed by atoms with E-state index >= 15 is 0 Å². The lowest BCUT2D eigenvalue weighted by Crippen LogP contribution is -2.40. The monoisotopic (exact) mass is 182 g/mol. The molecule has 0 aromatic carbocycles. The van der Waals surface area contributed by atoms with Crippen LogP contribution in [0.1, 0.15) is 0 Å². The molecule has 11 heavy (non-hydrogen) atoms. The highest BCUT2D eigenvalue weighted by Gasteiger charge is 2.65. The molecule has 0 aliphatic rings. The first-order valence-electron chi connectivity index (χ1n) is 2.00. The van der Waals surface area contributed by atoms with E-state index in [9.17, 15) is 26.3 Å². The van der Waals surface area contributed by atoms with Crippen LogP contribution in [0.5, 0.6) is 0 Å². The van der Waals surface area contributed by atoms with Gasteiger partial charge in [0.1, 0.15) is 0 Å². The van der Waals surface area contributed by atoms with E-state index in [4.69, 9.17) is 5.26 Å². The second kappa shape index (κ2) is 2.59. The first-order chi connectivity index (χ1) is 4.69. The number of carbonyl (C=O) groups excluding carboxylic acids is 1. The van der Waals surface area contributed by atoms with E-state index in [1.807, 2.05) is 4.58 Å². The van der Waals surface area contributed by atoms with Crippen molar-refractivity contribution in [2.45, 2.75) is 12.4 Å². The second-order valence-corrected chi connectivity index (χ2v) is 1.41. The van der Waals surface area contributed by atoms with Gasteiger partial charge in [0.05, 0.1) is 0 Å². The van der Waals surface area contributed by atoms with E-state index in [0.29, 0.717) is 0 Å². The normalized spacial score (nSPS) is 12.9. The molecular weight excluding hydrogens is 182 g/mol. The van der Waals surface area contributed by atoms with Gasteiger partial charge in [-0.15, -0.1) is 0 Å². The Morgan fingerprint density at radius 1 is 0.909 bits per heavy atom. The Morgan fingerprint density at radius 2 is 1.18 bits per heavy atom. The van der Waals surface area contributed by atoms with Gasteiger partial charge in [-0.25, -0.2) is 0 Å². The van der Waals surface area contributed by atoms with Crippen LogP contribution in [-0.4, -0.2) is 18.1 Å². The minimum Gasteiger partial charge on any atom is -0.462 e. The van der Waals surface area contributed by atoms with Gasteiger partial charge in [-0.2, -0.15) is 30.9 Å². The number of rotatable bonds is 0. The molecule has 0 atom stereocenters. The fourth-order valence-electron chi connectivity index (χ4n) is 0.255. The Balaban J connectivity index is 4.74. The smallest absolute Gasteiger partial charge is 0.462 e. The van der Waals surface area contributed by atoms with Crippen molar-refractivity contribution in [3.8, 4) is 0 Å². The van der Waals surface area contributed by atoms with Crippen molar-refractivity contribution in [3.63, 3.8) is 0 Å². The topological polar surface area (TPSA) is 34.4 Å². The molecule has 0 bridgehead atoms. The third kappa shape index (κ3) is 2.64. The molecule has 0 N–H and O–H groups in total. The standard InChI is InChI=1S/C3F6O2/c4-2(5,6)1(11-10)3(7,8)9. The van der Waals surface area contributed by atoms with Crippen molar-refractivity contribution in [2.75, 3.05) is 0 Å². The molecule has 0 amide bonds. The summed E-state index contributed by atoms with van der Waals surface area (Å²) >= 11 is 0. The van der Waals surface area contributed by atoms with Crippen molar-refractivity contribution in [1.29, 1.82) is 0 Å². The third-order valence-electron chi connectivity index (χ3n) is 0.598. The SMILES string of the molecule is [O-][O+]=C(C(F)(F)F)C(F)(F)F. The van der Waals surface area contributed by atoms with Gasteiger partial charge in [-0.3, -0.25) is 0 Å². The number of hydrogen-bond acceptors (Lipinski definition) is 1. The average molecular weight is 182 g/mol. The Bertz CT molecular complexity index is 148. The summed E-state index contributed by atoms with van der Waals surface area (Å²) in [4.78, 5) is 0. The predicted molar refractivity (Wildman–Crippen MR) is 17.1 cm³/mol. The molecule has 0 heterocycles. The molecule has 0 aromatic rings. The van der Waals surface area contributed by atoms with Gasteiger partial charge in [-0.1, -0.05) is 0 Å². The van der Waals surface area contributed by atoms with Crippen LogP contribution in [0.15, 0.2) is 0 Å². The summed E-state index contributed by atoms with van der Waals surface area (Å²) in [5.41, 5.74) is 0.